The minimum Gasteiger partial charge on any atom is -0.458 e. The van der Waals surface area contributed by atoms with Crippen molar-refractivity contribution in [3.63, 3.8) is 0 Å². The maximum Gasteiger partial charge on any atom is 0.348 e. The number of esters is 1. The van der Waals surface area contributed by atoms with Crippen LogP contribution in [0.4, 0.5) is 5.69 Å². The fourth-order valence-corrected chi connectivity index (χ4v) is 2.37. The minimum atomic E-state index is -0.266. The SMILES string of the molecule is Cc1sc(C(=O)OC(C)CC(C)C)cc1N. The summed E-state index contributed by atoms with van der Waals surface area (Å²) in [5.41, 5.74) is 6.35. The normalized spacial score (nSPS) is 12.8. The third-order valence-corrected chi connectivity index (χ3v) is 3.32. The van der Waals surface area contributed by atoms with E-state index in [-0.39, 0.29) is 12.1 Å². The van der Waals surface area contributed by atoms with Gasteiger partial charge in [-0.1, -0.05) is 13.8 Å². The van der Waals surface area contributed by atoms with Crippen LogP contribution in [0, 0.1) is 12.8 Å². The number of aryl methyl sites for hydroxylation is 1. The van der Waals surface area contributed by atoms with E-state index in [9.17, 15) is 4.79 Å². The van der Waals surface area contributed by atoms with Crippen LogP contribution in [-0.2, 0) is 4.74 Å². The highest BCUT2D eigenvalue weighted by atomic mass is 32.1. The van der Waals surface area contributed by atoms with Crippen LogP contribution in [0.25, 0.3) is 0 Å². The first-order valence-corrected chi connectivity index (χ1v) is 6.28. The van der Waals surface area contributed by atoms with Crippen molar-refractivity contribution in [2.45, 2.75) is 40.2 Å². The zero-order valence-electron chi connectivity index (χ0n) is 10.2. The molecule has 1 heterocycles. The molecule has 0 fully saturated rings. The molecule has 16 heavy (non-hydrogen) atoms. The zero-order chi connectivity index (χ0) is 12.3. The summed E-state index contributed by atoms with van der Waals surface area (Å²) in [7, 11) is 0. The molecule has 1 atom stereocenters. The Morgan fingerprint density at radius 3 is 2.56 bits per heavy atom. The number of anilines is 1. The van der Waals surface area contributed by atoms with Crippen LogP contribution < -0.4 is 5.73 Å². The number of thiophene rings is 1. The van der Waals surface area contributed by atoms with E-state index in [1.165, 1.54) is 11.3 Å². The Morgan fingerprint density at radius 1 is 1.50 bits per heavy atom. The molecular weight excluding hydrogens is 222 g/mol. The van der Waals surface area contributed by atoms with Crippen molar-refractivity contribution in [2.75, 3.05) is 5.73 Å². The fourth-order valence-electron chi connectivity index (χ4n) is 1.55. The van der Waals surface area contributed by atoms with Gasteiger partial charge in [-0.25, -0.2) is 4.79 Å². The molecule has 0 aliphatic heterocycles. The highest BCUT2D eigenvalue weighted by molar-refractivity contribution is 7.14. The second-order valence-corrected chi connectivity index (χ2v) is 5.72. The van der Waals surface area contributed by atoms with Gasteiger partial charge in [-0.2, -0.15) is 0 Å². The Morgan fingerprint density at radius 2 is 2.12 bits per heavy atom. The van der Waals surface area contributed by atoms with Crippen LogP contribution in [-0.4, -0.2) is 12.1 Å². The lowest BCUT2D eigenvalue weighted by Crippen LogP contribution is -2.16. The quantitative estimate of drug-likeness (QED) is 0.823. The Labute approximate surface area is 101 Å². The second-order valence-electron chi connectivity index (χ2n) is 4.47. The van der Waals surface area contributed by atoms with Crippen LogP contribution in [0.1, 0.15) is 41.7 Å². The van der Waals surface area contributed by atoms with Crippen molar-refractivity contribution < 1.29 is 9.53 Å². The van der Waals surface area contributed by atoms with Gasteiger partial charge >= 0.3 is 5.97 Å². The summed E-state index contributed by atoms with van der Waals surface area (Å²) in [5.74, 6) is 0.260. The van der Waals surface area contributed by atoms with Gasteiger partial charge in [0.25, 0.3) is 0 Å². The van der Waals surface area contributed by atoms with E-state index in [4.69, 9.17) is 10.5 Å². The summed E-state index contributed by atoms with van der Waals surface area (Å²) < 4.78 is 5.33. The van der Waals surface area contributed by atoms with E-state index in [0.29, 0.717) is 16.5 Å². The van der Waals surface area contributed by atoms with Gasteiger partial charge in [0.2, 0.25) is 0 Å². The number of hydrogen-bond acceptors (Lipinski definition) is 4. The lowest BCUT2D eigenvalue weighted by atomic mass is 10.1. The van der Waals surface area contributed by atoms with Gasteiger partial charge in [0.05, 0.1) is 6.10 Å². The summed E-state index contributed by atoms with van der Waals surface area (Å²) in [4.78, 5) is 13.3. The molecule has 0 saturated heterocycles. The first kappa shape index (κ1) is 13.0. The molecule has 4 heteroatoms. The van der Waals surface area contributed by atoms with Crippen molar-refractivity contribution >= 4 is 23.0 Å². The Kier molecular flexibility index (Phi) is 4.35. The average Bonchev–Trinajstić information content (AvgIpc) is 2.45. The Balaban J connectivity index is 2.58. The summed E-state index contributed by atoms with van der Waals surface area (Å²) in [6.07, 6.45) is 0.835. The number of carbonyl (C=O) groups is 1. The van der Waals surface area contributed by atoms with Gasteiger partial charge in [-0.05, 0) is 32.3 Å². The molecule has 0 saturated carbocycles. The van der Waals surface area contributed by atoms with Crippen LogP contribution in [0.15, 0.2) is 6.07 Å². The van der Waals surface area contributed by atoms with Gasteiger partial charge in [0.1, 0.15) is 4.88 Å². The highest BCUT2D eigenvalue weighted by Gasteiger charge is 2.16. The van der Waals surface area contributed by atoms with Gasteiger partial charge in [0, 0.05) is 10.6 Å². The molecule has 2 N–H and O–H groups in total. The minimum absolute atomic E-state index is 0.0452. The molecule has 90 valence electrons. The van der Waals surface area contributed by atoms with Crippen molar-refractivity contribution in [1.82, 2.24) is 0 Å². The summed E-state index contributed by atoms with van der Waals surface area (Å²) in [5, 5.41) is 0. The number of ether oxygens (including phenoxy) is 1. The smallest absolute Gasteiger partial charge is 0.348 e. The molecule has 0 bridgehead atoms. The maximum atomic E-state index is 11.7. The van der Waals surface area contributed by atoms with E-state index >= 15 is 0 Å². The fraction of sp³-hybridized carbons (Fsp3) is 0.583. The Bertz CT molecular complexity index is 352. The van der Waals surface area contributed by atoms with E-state index in [1.54, 1.807) is 6.07 Å². The monoisotopic (exact) mass is 241 g/mol. The number of carbonyl (C=O) groups excluding carboxylic acids is 1. The molecule has 0 spiro atoms. The molecule has 1 aromatic rings. The first-order valence-electron chi connectivity index (χ1n) is 5.47. The second kappa shape index (κ2) is 5.34. The molecule has 0 aliphatic rings. The zero-order valence-corrected chi connectivity index (χ0v) is 11.1. The van der Waals surface area contributed by atoms with E-state index < -0.39 is 0 Å². The third kappa shape index (κ3) is 3.52. The molecule has 0 radical (unpaired) electrons. The van der Waals surface area contributed by atoms with Crippen molar-refractivity contribution in [3.8, 4) is 0 Å². The Hall–Kier alpha value is -1.03. The molecule has 3 nitrogen and oxygen atoms in total. The number of rotatable bonds is 4. The van der Waals surface area contributed by atoms with Gasteiger partial charge in [-0.15, -0.1) is 11.3 Å². The number of hydrogen-bond donors (Lipinski definition) is 1. The van der Waals surface area contributed by atoms with Crippen LogP contribution >= 0.6 is 11.3 Å². The lowest BCUT2D eigenvalue weighted by Gasteiger charge is -2.14. The van der Waals surface area contributed by atoms with E-state index in [2.05, 4.69) is 13.8 Å². The van der Waals surface area contributed by atoms with Crippen LogP contribution in [0.2, 0.25) is 0 Å². The number of nitrogens with two attached hydrogens (primary N) is 1. The van der Waals surface area contributed by atoms with Gasteiger partial charge in [0.15, 0.2) is 0 Å². The average molecular weight is 241 g/mol. The predicted molar refractivity (Wildman–Crippen MR) is 67.8 cm³/mol. The predicted octanol–water partition coefficient (Wildman–Crippen LogP) is 3.23. The maximum absolute atomic E-state index is 11.7. The van der Waals surface area contributed by atoms with Crippen molar-refractivity contribution in [2.24, 2.45) is 5.92 Å². The summed E-state index contributed by atoms with van der Waals surface area (Å²) in [6.45, 7) is 8.03. The molecule has 1 unspecified atom stereocenters. The highest BCUT2D eigenvalue weighted by Crippen LogP contribution is 2.24. The van der Waals surface area contributed by atoms with Gasteiger partial charge < -0.3 is 10.5 Å². The van der Waals surface area contributed by atoms with E-state index in [1.807, 2.05) is 13.8 Å². The standard InChI is InChI=1S/C12H19NO2S/c1-7(2)5-8(3)15-12(14)11-6-10(13)9(4)16-11/h6-8H,5,13H2,1-4H3. The van der Waals surface area contributed by atoms with E-state index in [0.717, 1.165) is 11.3 Å². The van der Waals surface area contributed by atoms with Crippen molar-refractivity contribution in [1.29, 1.82) is 0 Å². The topological polar surface area (TPSA) is 52.3 Å². The molecule has 1 rings (SSSR count). The lowest BCUT2D eigenvalue weighted by molar-refractivity contribution is 0.0305. The third-order valence-electron chi connectivity index (χ3n) is 2.27. The molecule has 1 aromatic heterocycles. The summed E-state index contributed by atoms with van der Waals surface area (Å²) >= 11 is 1.38. The first-order chi connectivity index (χ1) is 7.40. The largest absolute Gasteiger partial charge is 0.458 e. The van der Waals surface area contributed by atoms with Crippen LogP contribution in [0.5, 0.6) is 0 Å². The molecular formula is C12H19NO2S. The van der Waals surface area contributed by atoms with Crippen LogP contribution in [0.3, 0.4) is 0 Å². The van der Waals surface area contributed by atoms with Gasteiger partial charge in [-0.3, -0.25) is 0 Å². The number of nitrogen functional groups attached to an aromatic ring is 1. The molecule has 0 aliphatic carbocycles. The molecule has 0 amide bonds. The summed E-state index contributed by atoms with van der Waals surface area (Å²) in [6, 6.07) is 1.68. The van der Waals surface area contributed by atoms with Crippen molar-refractivity contribution in [3.05, 3.63) is 15.8 Å². The molecule has 0 aromatic carbocycles.